The SMILES string of the molecule is C/C=C(\C)C(=O)O[C@@H]1Cc2c(ccc3oc(=O)ccc23)OC1(C)C. The van der Waals surface area contributed by atoms with Gasteiger partial charge in [-0.1, -0.05) is 6.08 Å². The van der Waals surface area contributed by atoms with Crippen molar-refractivity contribution in [2.24, 2.45) is 0 Å². The average molecular weight is 328 g/mol. The zero-order valence-electron chi connectivity index (χ0n) is 14.2. The first-order valence-corrected chi connectivity index (χ1v) is 7.90. The second-order valence-corrected chi connectivity index (χ2v) is 6.48. The summed E-state index contributed by atoms with van der Waals surface area (Å²) in [5, 5.41) is 0.798. The molecule has 0 spiro atoms. The molecule has 2 heterocycles. The zero-order valence-corrected chi connectivity index (χ0v) is 14.2. The highest BCUT2D eigenvalue weighted by molar-refractivity contribution is 5.88. The van der Waals surface area contributed by atoms with E-state index in [0.29, 0.717) is 17.6 Å². The molecule has 0 fully saturated rings. The van der Waals surface area contributed by atoms with Crippen molar-refractivity contribution in [2.75, 3.05) is 0 Å². The molecule has 0 saturated carbocycles. The minimum absolute atomic E-state index is 0.352. The molecule has 24 heavy (non-hydrogen) atoms. The topological polar surface area (TPSA) is 65.7 Å². The summed E-state index contributed by atoms with van der Waals surface area (Å²) >= 11 is 0. The van der Waals surface area contributed by atoms with Gasteiger partial charge in [0.25, 0.3) is 0 Å². The molecule has 1 atom stereocenters. The van der Waals surface area contributed by atoms with Crippen LogP contribution in [0, 0.1) is 0 Å². The van der Waals surface area contributed by atoms with Gasteiger partial charge >= 0.3 is 11.6 Å². The second-order valence-electron chi connectivity index (χ2n) is 6.48. The Kier molecular flexibility index (Phi) is 3.95. The van der Waals surface area contributed by atoms with Crippen LogP contribution in [0.2, 0.25) is 0 Å². The molecule has 1 aliphatic heterocycles. The van der Waals surface area contributed by atoms with Gasteiger partial charge in [-0.2, -0.15) is 0 Å². The van der Waals surface area contributed by atoms with Crippen LogP contribution in [-0.4, -0.2) is 17.7 Å². The van der Waals surface area contributed by atoms with Crippen molar-refractivity contribution in [3.63, 3.8) is 0 Å². The van der Waals surface area contributed by atoms with Crippen LogP contribution in [0.1, 0.15) is 33.3 Å². The first-order valence-electron chi connectivity index (χ1n) is 7.90. The Hall–Kier alpha value is -2.56. The van der Waals surface area contributed by atoms with Gasteiger partial charge in [0.15, 0.2) is 0 Å². The Morgan fingerprint density at radius 2 is 2.04 bits per heavy atom. The molecule has 2 aromatic rings. The number of carbonyl (C=O) groups is 1. The van der Waals surface area contributed by atoms with Crippen LogP contribution < -0.4 is 10.4 Å². The fraction of sp³-hybridized carbons (Fsp3) is 0.368. The molecule has 0 radical (unpaired) electrons. The number of esters is 1. The van der Waals surface area contributed by atoms with E-state index in [1.165, 1.54) is 6.07 Å². The van der Waals surface area contributed by atoms with Gasteiger partial charge < -0.3 is 13.9 Å². The third-order valence-electron chi connectivity index (χ3n) is 4.41. The van der Waals surface area contributed by atoms with Crippen LogP contribution in [0.15, 0.2) is 45.1 Å². The molecule has 1 aromatic heterocycles. The number of carbonyl (C=O) groups excluding carboxylic acids is 1. The van der Waals surface area contributed by atoms with Crippen molar-refractivity contribution in [3.05, 3.63) is 51.9 Å². The largest absolute Gasteiger partial charge is 0.484 e. The fourth-order valence-corrected chi connectivity index (χ4v) is 2.80. The van der Waals surface area contributed by atoms with Gasteiger partial charge in [-0.3, -0.25) is 0 Å². The smallest absolute Gasteiger partial charge is 0.336 e. The second kappa shape index (κ2) is 5.82. The van der Waals surface area contributed by atoms with Gasteiger partial charge in [0.2, 0.25) is 0 Å². The summed E-state index contributed by atoms with van der Waals surface area (Å²) in [7, 11) is 0. The van der Waals surface area contributed by atoms with Gasteiger partial charge in [0, 0.05) is 29.0 Å². The fourth-order valence-electron chi connectivity index (χ4n) is 2.80. The van der Waals surface area contributed by atoms with E-state index in [2.05, 4.69) is 0 Å². The zero-order chi connectivity index (χ0) is 17.5. The molecule has 0 bridgehead atoms. The Bertz CT molecular complexity index is 888. The first-order chi connectivity index (χ1) is 11.3. The van der Waals surface area contributed by atoms with Crippen molar-refractivity contribution in [1.82, 2.24) is 0 Å². The van der Waals surface area contributed by atoms with Crippen LogP contribution in [0.4, 0.5) is 0 Å². The summed E-state index contributed by atoms with van der Waals surface area (Å²) in [4.78, 5) is 23.5. The summed E-state index contributed by atoms with van der Waals surface area (Å²) in [6, 6.07) is 6.62. The molecule has 0 N–H and O–H groups in total. The third-order valence-corrected chi connectivity index (χ3v) is 4.41. The van der Waals surface area contributed by atoms with E-state index in [4.69, 9.17) is 13.9 Å². The molecule has 3 rings (SSSR count). The highest BCUT2D eigenvalue weighted by atomic mass is 16.6. The summed E-state index contributed by atoms with van der Waals surface area (Å²) < 4.78 is 17.0. The van der Waals surface area contributed by atoms with E-state index in [9.17, 15) is 9.59 Å². The van der Waals surface area contributed by atoms with E-state index in [0.717, 1.165) is 16.7 Å². The van der Waals surface area contributed by atoms with Gasteiger partial charge in [-0.15, -0.1) is 0 Å². The highest BCUT2D eigenvalue weighted by Crippen LogP contribution is 2.38. The maximum atomic E-state index is 12.1. The predicted molar refractivity (Wildman–Crippen MR) is 90.2 cm³/mol. The van der Waals surface area contributed by atoms with Gasteiger partial charge in [0.1, 0.15) is 23.0 Å². The van der Waals surface area contributed by atoms with Crippen molar-refractivity contribution in [2.45, 2.75) is 45.8 Å². The molecule has 1 aromatic carbocycles. The van der Waals surface area contributed by atoms with E-state index in [1.807, 2.05) is 13.8 Å². The summed E-state index contributed by atoms with van der Waals surface area (Å²) in [6.07, 6.45) is 1.78. The van der Waals surface area contributed by atoms with Gasteiger partial charge in [0.05, 0.1) is 0 Å². The number of fused-ring (bicyclic) bond motifs is 3. The van der Waals surface area contributed by atoms with Crippen molar-refractivity contribution in [1.29, 1.82) is 0 Å². The number of rotatable bonds is 2. The highest BCUT2D eigenvalue weighted by Gasteiger charge is 2.40. The minimum Gasteiger partial charge on any atom is -0.484 e. The number of hydrogen-bond donors (Lipinski definition) is 0. The van der Waals surface area contributed by atoms with Crippen LogP contribution in [-0.2, 0) is 16.0 Å². The quantitative estimate of drug-likeness (QED) is 0.480. The molecule has 0 unspecified atom stereocenters. The van der Waals surface area contributed by atoms with Crippen LogP contribution in [0.25, 0.3) is 11.0 Å². The van der Waals surface area contributed by atoms with E-state index in [-0.39, 0.29) is 5.97 Å². The Morgan fingerprint density at radius 3 is 2.75 bits per heavy atom. The molecular formula is C19H20O5. The third kappa shape index (κ3) is 2.82. The van der Waals surface area contributed by atoms with Crippen molar-refractivity contribution >= 4 is 16.9 Å². The maximum absolute atomic E-state index is 12.1. The molecule has 0 amide bonds. The standard InChI is InChI=1S/C19H20O5/c1-5-11(2)18(21)23-16-10-13-12-6-9-17(20)22-14(12)7-8-15(13)24-19(16,3)4/h5-9,16H,10H2,1-4H3/b11-5+/t16-/m1/s1. The number of benzene rings is 1. The molecular weight excluding hydrogens is 308 g/mol. The van der Waals surface area contributed by atoms with Crippen molar-refractivity contribution in [3.8, 4) is 5.75 Å². The Balaban J connectivity index is 2.02. The number of hydrogen-bond acceptors (Lipinski definition) is 5. The lowest BCUT2D eigenvalue weighted by Gasteiger charge is -2.39. The number of ether oxygens (including phenoxy) is 2. The predicted octanol–water partition coefficient (Wildman–Crippen LogP) is 3.38. The average Bonchev–Trinajstić information content (AvgIpc) is 2.54. The Morgan fingerprint density at radius 1 is 1.29 bits per heavy atom. The first kappa shape index (κ1) is 16.3. The molecule has 0 saturated heterocycles. The summed E-state index contributed by atoms with van der Waals surface area (Å²) in [5.41, 5.74) is 0.887. The van der Waals surface area contributed by atoms with Crippen LogP contribution in [0.3, 0.4) is 0 Å². The van der Waals surface area contributed by atoms with Crippen LogP contribution >= 0.6 is 0 Å². The minimum atomic E-state index is -0.653. The molecule has 5 nitrogen and oxygen atoms in total. The lowest BCUT2D eigenvalue weighted by Crippen LogP contribution is -2.49. The summed E-state index contributed by atoms with van der Waals surface area (Å²) in [6.45, 7) is 7.31. The Labute approximate surface area is 139 Å². The lowest BCUT2D eigenvalue weighted by molar-refractivity contribution is -0.156. The lowest BCUT2D eigenvalue weighted by atomic mass is 9.89. The van der Waals surface area contributed by atoms with Gasteiger partial charge in [-0.25, -0.2) is 9.59 Å². The molecule has 126 valence electrons. The number of allylic oxidation sites excluding steroid dienone is 1. The van der Waals surface area contributed by atoms with Gasteiger partial charge in [-0.05, 0) is 45.9 Å². The molecule has 0 aliphatic carbocycles. The normalized spacial score (nSPS) is 19.5. The van der Waals surface area contributed by atoms with Crippen LogP contribution in [0.5, 0.6) is 5.75 Å². The van der Waals surface area contributed by atoms with Crippen molar-refractivity contribution < 1.29 is 18.7 Å². The maximum Gasteiger partial charge on any atom is 0.336 e. The molecule has 1 aliphatic rings. The van der Waals surface area contributed by atoms with E-state index >= 15 is 0 Å². The van der Waals surface area contributed by atoms with E-state index in [1.54, 1.807) is 38.1 Å². The van der Waals surface area contributed by atoms with E-state index < -0.39 is 17.3 Å². The molecule has 5 heteroatoms. The monoisotopic (exact) mass is 328 g/mol. The summed E-state index contributed by atoms with van der Waals surface area (Å²) in [5.74, 6) is 0.366.